The van der Waals surface area contributed by atoms with Gasteiger partial charge in [-0.3, -0.25) is 4.98 Å². The zero-order valence-electron chi connectivity index (χ0n) is 12.9. The van der Waals surface area contributed by atoms with E-state index in [9.17, 15) is 0 Å². The Labute approximate surface area is 122 Å². The maximum atomic E-state index is 5.56. The van der Waals surface area contributed by atoms with Crippen LogP contribution in [0.1, 0.15) is 45.3 Å². The van der Waals surface area contributed by atoms with Crippen molar-refractivity contribution in [2.45, 2.75) is 45.7 Å². The minimum atomic E-state index is 0.315. The number of pyridine rings is 1. The van der Waals surface area contributed by atoms with Gasteiger partial charge in [-0.25, -0.2) is 0 Å². The van der Waals surface area contributed by atoms with E-state index in [2.05, 4.69) is 48.1 Å². The first-order chi connectivity index (χ1) is 9.76. The molecule has 1 saturated heterocycles. The van der Waals surface area contributed by atoms with Crippen LogP contribution in [-0.4, -0.2) is 37.3 Å². The van der Waals surface area contributed by atoms with Crippen LogP contribution in [0.15, 0.2) is 18.3 Å². The quantitative estimate of drug-likeness (QED) is 0.867. The van der Waals surface area contributed by atoms with Crippen LogP contribution in [0.25, 0.3) is 0 Å². The fraction of sp³-hybridized carbons (Fsp3) is 0.688. The highest BCUT2D eigenvalue weighted by Gasteiger charge is 2.21. The molecule has 2 heterocycles. The lowest BCUT2D eigenvalue weighted by atomic mass is 10.1. The average molecular weight is 277 g/mol. The Kier molecular flexibility index (Phi) is 5.80. The van der Waals surface area contributed by atoms with Crippen LogP contribution in [0.4, 0.5) is 5.69 Å². The van der Waals surface area contributed by atoms with Crippen molar-refractivity contribution in [1.29, 1.82) is 0 Å². The summed E-state index contributed by atoms with van der Waals surface area (Å²) in [6, 6.07) is 5.13. The molecule has 1 aliphatic rings. The molecule has 0 spiro atoms. The van der Waals surface area contributed by atoms with Gasteiger partial charge in [0.15, 0.2) is 0 Å². The third-order valence-electron chi connectivity index (χ3n) is 3.95. The molecular weight excluding hydrogens is 250 g/mol. The Morgan fingerprint density at radius 3 is 2.95 bits per heavy atom. The fourth-order valence-corrected chi connectivity index (χ4v) is 2.62. The first-order valence-corrected chi connectivity index (χ1v) is 7.80. The lowest BCUT2D eigenvalue weighted by molar-refractivity contribution is 0.0929. The summed E-state index contributed by atoms with van der Waals surface area (Å²) >= 11 is 0. The molecule has 1 aromatic rings. The van der Waals surface area contributed by atoms with Gasteiger partial charge < -0.3 is 15.0 Å². The molecule has 0 radical (unpaired) electrons. The van der Waals surface area contributed by atoms with Crippen LogP contribution >= 0.6 is 0 Å². The first-order valence-electron chi connectivity index (χ1n) is 7.80. The number of nitrogens with one attached hydrogen (secondary N) is 1. The van der Waals surface area contributed by atoms with E-state index < -0.39 is 0 Å². The maximum absolute atomic E-state index is 5.56. The van der Waals surface area contributed by atoms with Gasteiger partial charge in [-0.1, -0.05) is 13.8 Å². The second kappa shape index (κ2) is 7.60. The van der Waals surface area contributed by atoms with Crippen molar-refractivity contribution in [3.63, 3.8) is 0 Å². The normalized spacial score (nSPS) is 20.9. The van der Waals surface area contributed by atoms with Crippen molar-refractivity contribution in [2.24, 2.45) is 0 Å². The standard InChI is InChI=1S/C16H27N3O/c1-4-8-17-13(3)16-7-6-15(11-18-16)19-9-10-20-12-14(19)5-2/h6-7,11,13-14,17H,4-5,8-10,12H2,1-3H3. The summed E-state index contributed by atoms with van der Waals surface area (Å²) in [7, 11) is 0. The predicted molar refractivity (Wildman–Crippen MR) is 83.2 cm³/mol. The lowest BCUT2D eigenvalue weighted by Crippen LogP contribution is -2.45. The summed E-state index contributed by atoms with van der Waals surface area (Å²) in [6.07, 6.45) is 4.26. The number of rotatable bonds is 6. The van der Waals surface area contributed by atoms with Crippen molar-refractivity contribution in [1.82, 2.24) is 10.3 Å². The molecule has 2 rings (SSSR count). The average Bonchev–Trinajstić information content (AvgIpc) is 2.52. The number of anilines is 1. The molecule has 0 saturated carbocycles. The summed E-state index contributed by atoms with van der Waals surface area (Å²) in [6.45, 7) is 10.2. The highest BCUT2D eigenvalue weighted by atomic mass is 16.5. The number of aromatic nitrogens is 1. The molecule has 2 atom stereocenters. The summed E-state index contributed by atoms with van der Waals surface area (Å²) < 4.78 is 5.56. The molecule has 0 aliphatic carbocycles. The number of hydrogen-bond donors (Lipinski definition) is 1. The minimum Gasteiger partial charge on any atom is -0.377 e. The largest absolute Gasteiger partial charge is 0.377 e. The topological polar surface area (TPSA) is 37.4 Å². The zero-order chi connectivity index (χ0) is 14.4. The van der Waals surface area contributed by atoms with Crippen LogP contribution in [-0.2, 0) is 4.74 Å². The lowest BCUT2D eigenvalue weighted by Gasteiger charge is -2.36. The maximum Gasteiger partial charge on any atom is 0.0670 e. The van der Waals surface area contributed by atoms with Crippen LogP contribution < -0.4 is 10.2 Å². The van der Waals surface area contributed by atoms with E-state index in [-0.39, 0.29) is 0 Å². The second-order valence-corrected chi connectivity index (χ2v) is 5.45. The van der Waals surface area contributed by atoms with E-state index in [1.165, 1.54) is 5.69 Å². The van der Waals surface area contributed by atoms with Gasteiger partial charge in [0, 0.05) is 12.6 Å². The summed E-state index contributed by atoms with van der Waals surface area (Å²) in [5.74, 6) is 0. The van der Waals surface area contributed by atoms with Crippen molar-refractivity contribution in [2.75, 3.05) is 31.2 Å². The minimum absolute atomic E-state index is 0.315. The van der Waals surface area contributed by atoms with Gasteiger partial charge in [-0.05, 0) is 38.4 Å². The Morgan fingerprint density at radius 1 is 1.45 bits per heavy atom. The Balaban J connectivity index is 2.03. The van der Waals surface area contributed by atoms with E-state index in [1.54, 1.807) is 0 Å². The zero-order valence-corrected chi connectivity index (χ0v) is 12.9. The molecule has 4 nitrogen and oxygen atoms in total. The highest BCUT2D eigenvalue weighted by Crippen LogP contribution is 2.22. The Hall–Kier alpha value is -1.13. The predicted octanol–water partition coefficient (Wildman–Crippen LogP) is 2.76. The van der Waals surface area contributed by atoms with Crippen LogP contribution in [0, 0.1) is 0 Å². The van der Waals surface area contributed by atoms with E-state index in [0.717, 1.165) is 44.8 Å². The molecule has 1 aliphatic heterocycles. The van der Waals surface area contributed by atoms with E-state index >= 15 is 0 Å². The van der Waals surface area contributed by atoms with Gasteiger partial charge in [0.05, 0.1) is 36.8 Å². The number of nitrogens with zero attached hydrogens (tertiary/aromatic N) is 2. The van der Waals surface area contributed by atoms with E-state index in [1.807, 2.05) is 6.20 Å². The Bertz CT molecular complexity index is 393. The molecule has 2 unspecified atom stereocenters. The SMILES string of the molecule is CCCNC(C)c1ccc(N2CCOCC2CC)cn1. The van der Waals surface area contributed by atoms with Crippen molar-refractivity contribution in [3.05, 3.63) is 24.0 Å². The van der Waals surface area contributed by atoms with Gasteiger partial charge in [0.1, 0.15) is 0 Å². The molecular formula is C16H27N3O. The molecule has 0 aromatic carbocycles. The van der Waals surface area contributed by atoms with Gasteiger partial charge in [-0.15, -0.1) is 0 Å². The van der Waals surface area contributed by atoms with Crippen molar-refractivity contribution >= 4 is 5.69 Å². The van der Waals surface area contributed by atoms with E-state index in [4.69, 9.17) is 4.74 Å². The van der Waals surface area contributed by atoms with Crippen LogP contribution in [0.3, 0.4) is 0 Å². The summed E-state index contributed by atoms with van der Waals surface area (Å²) in [5.41, 5.74) is 2.33. The molecule has 1 aromatic heterocycles. The number of morpholine rings is 1. The smallest absolute Gasteiger partial charge is 0.0670 e. The number of ether oxygens (including phenoxy) is 1. The molecule has 0 amide bonds. The highest BCUT2D eigenvalue weighted by molar-refractivity contribution is 5.46. The fourth-order valence-electron chi connectivity index (χ4n) is 2.62. The molecule has 20 heavy (non-hydrogen) atoms. The first kappa shape index (κ1) is 15.3. The van der Waals surface area contributed by atoms with Gasteiger partial charge in [0.2, 0.25) is 0 Å². The summed E-state index contributed by atoms with van der Waals surface area (Å²) in [5, 5.41) is 3.47. The monoisotopic (exact) mass is 277 g/mol. The van der Waals surface area contributed by atoms with Gasteiger partial charge >= 0.3 is 0 Å². The summed E-state index contributed by atoms with van der Waals surface area (Å²) in [4.78, 5) is 7.05. The van der Waals surface area contributed by atoms with Crippen LogP contribution in [0.2, 0.25) is 0 Å². The van der Waals surface area contributed by atoms with E-state index in [0.29, 0.717) is 12.1 Å². The Morgan fingerprint density at radius 2 is 2.30 bits per heavy atom. The van der Waals surface area contributed by atoms with Crippen LogP contribution in [0.5, 0.6) is 0 Å². The van der Waals surface area contributed by atoms with Crippen molar-refractivity contribution in [3.8, 4) is 0 Å². The number of hydrogen-bond acceptors (Lipinski definition) is 4. The molecule has 0 bridgehead atoms. The second-order valence-electron chi connectivity index (χ2n) is 5.45. The molecule has 112 valence electrons. The molecule has 1 fully saturated rings. The molecule has 4 heteroatoms. The van der Waals surface area contributed by atoms with Gasteiger partial charge in [0.25, 0.3) is 0 Å². The van der Waals surface area contributed by atoms with Crippen molar-refractivity contribution < 1.29 is 4.74 Å². The third-order valence-corrected chi connectivity index (χ3v) is 3.95. The van der Waals surface area contributed by atoms with Gasteiger partial charge in [-0.2, -0.15) is 0 Å². The molecule has 1 N–H and O–H groups in total. The third kappa shape index (κ3) is 3.70.